The second-order valence-corrected chi connectivity index (χ2v) is 5.94. The molecular weight excluding hydrogens is 280 g/mol. The summed E-state index contributed by atoms with van der Waals surface area (Å²) < 4.78 is 11.0. The smallest absolute Gasteiger partial charge is 0.293 e. The number of rotatable bonds is 7. The van der Waals surface area contributed by atoms with Crippen molar-refractivity contribution in [2.75, 3.05) is 0 Å². The van der Waals surface area contributed by atoms with Gasteiger partial charge in [0.1, 0.15) is 11.5 Å². The van der Waals surface area contributed by atoms with Gasteiger partial charge >= 0.3 is 0 Å². The summed E-state index contributed by atoms with van der Waals surface area (Å²) in [7, 11) is 0. The van der Waals surface area contributed by atoms with Crippen molar-refractivity contribution in [3.63, 3.8) is 0 Å². The van der Waals surface area contributed by atoms with Gasteiger partial charge in [0.25, 0.3) is 12.3 Å². The van der Waals surface area contributed by atoms with Crippen LogP contribution in [0.4, 0.5) is 0 Å². The van der Waals surface area contributed by atoms with Gasteiger partial charge in [-0.3, -0.25) is 0 Å². The molecule has 0 saturated heterocycles. The number of hydrogen-bond donors (Lipinski definition) is 0. The largest absolute Gasteiger partial charge is 0.391 e. The molecule has 0 N–H and O–H groups in total. The van der Waals surface area contributed by atoms with Gasteiger partial charge in [0.15, 0.2) is 0 Å². The van der Waals surface area contributed by atoms with Crippen LogP contribution in [0.1, 0.15) is 31.9 Å². The SMILES string of the molecule is CCc1ccc(OSOc2ccc(CC(C)C)cc2)cc1. The van der Waals surface area contributed by atoms with Crippen LogP contribution in [0, 0.1) is 5.92 Å². The van der Waals surface area contributed by atoms with E-state index in [4.69, 9.17) is 8.37 Å². The minimum absolute atomic E-state index is 0.667. The van der Waals surface area contributed by atoms with E-state index in [0.717, 1.165) is 36.7 Å². The Morgan fingerprint density at radius 1 is 0.810 bits per heavy atom. The molecule has 0 amide bonds. The summed E-state index contributed by atoms with van der Waals surface area (Å²) >= 11 is 0.993. The molecule has 0 unspecified atom stereocenters. The van der Waals surface area contributed by atoms with Gasteiger partial charge in [-0.15, -0.1) is 0 Å². The molecule has 0 bridgehead atoms. The highest BCUT2D eigenvalue weighted by molar-refractivity contribution is 7.90. The lowest BCUT2D eigenvalue weighted by molar-refractivity contribution is 0.540. The fourth-order valence-electron chi connectivity index (χ4n) is 2.03. The van der Waals surface area contributed by atoms with Crippen molar-refractivity contribution < 1.29 is 8.37 Å². The van der Waals surface area contributed by atoms with E-state index in [1.165, 1.54) is 11.1 Å². The molecule has 0 atom stereocenters. The predicted octanol–water partition coefficient (Wildman–Crippen LogP) is 5.47. The number of hydrogen-bond acceptors (Lipinski definition) is 3. The third-order valence-electron chi connectivity index (χ3n) is 3.16. The van der Waals surface area contributed by atoms with Gasteiger partial charge < -0.3 is 8.37 Å². The Bertz CT molecular complexity index is 532. The lowest BCUT2D eigenvalue weighted by Gasteiger charge is -2.07. The molecular formula is C18H22O2S. The molecule has 2 rings (SSSR count). The van der Waals surface area contributed by atoms with Crippen molar-refractivity contribution in [3.8, 4) is 11.5 Å². The van der Waals surface area contributed by atoms with Crippen molar-refractivity contribution in [2.45, 2.75) is 33.6 Å². The summed E-state index contributed by atoms with van der Waals surface area (Å²) in [5.74, 6) is 2.27. The van der Waals surface area contributed by atoms with Crippen LogP contribution in [0.15, 0.2) is 48.5 Å². The van der Waals surface area contributed by atoms with Gasteiger partial charge in [-0.05, 0) is 54.2 Å². The van der Waals surface area contributed by atoms with Crippen molar-refractivity contribution in [1.29, 1.82) is 0 Å². The van der Waals surface area contributed by atoms with Crippen LogP contribution >= 0.6 is 12.3 Å². The summed E-state index contributed by atoms with van der Waals surface area (Å²) in [5, 5.41) is 0. The maximum atomic E-state index is 5.52. The maximum Gasteiger partial charge on any atom is 0.293 e. The Hall–Kier alpha value is -1.61. The topological polar surface area (TPSA) is 18.5 Å². The molecule has 112 valence electrons. The van der Waals surface area contributed by atoms with Crippen LogP contribution in [0.3, 0.4) is 0 Å². The summed E-state index contributed by atoms with van der Waals surface area (Å²) in [5.41, 5.74) is 2.63. The van der Waals surface area contributed by atoms with E-state index in [9.17, 15) is 0 Å². The highest BCUT2D eigenvalue weighted by atomic mass is 32.2. The van der Waals surface area contributed by atoms with Crippen molar-refractivity contribution in [2.24, 2.45) is 5.92 Å². The predicted molar refractivity (Wildman–Crippen MR) is 89.7 cm³/mol. The zero-order valence-corrected chi connectivity index (χ0v) is 13.7. The lowest BCUT2D eigenvalue weighted by Crippen LogP contribution is -1.94. The Morgan fingerprint density at radius 2 is 1.29 bits per heavy atom. The van der Waals surface area contributed by atoms with Crippen LogP contribution in [0.25, 0.3) is 0 Å². The second kappa shape index (κ2) is 7.99. The van der Waals surface area contributed by atoms with E-state index in [0.29, 0.717) is 5.92 Å². The van der Waals surface area contributed by atoms with Crippen LogP contribution in [0.5, 0.6) is 11.5 Å². The molecule has 0 aliphatic heterocycles. The third-order valence-corrected chi connectivity index (χ3v) is 3.68. The minimum Gasteiger partial charge on any atom is -0.391 e. The summed E-state index contributed by atoms with van der Waals surface area (Å²) in [6, 6.07) is 16.2. The zero-order chi connectivity index (χ0) is 15.1. The van der Waals surface area contributed by atoms with E-state index in [1.54, 1.807) is 0 Å². The van der Waals surface area contributed by atoms with Gasteiger partial charge in [0.2, 0.25) is 0 Å². The van der Waals surface area contributed by atoms with Crippen LogP contribution < -0.4 is 8.37 Å². The van der Waals surface area contributed by atoms with Gasteiger partial charge in [-0.2, -0.15) is 0 Å². The monoisotopic (exact) mass is 302 g/mol. The minimum atomic E-state index is 0.667. The normalized spacial score (nSPS) is 10.7. The Labute approximate surface area is 131 Å². The quantitative estimate of drug-likeness (QED) is 0.632. The first-order valence-electron chi connectivity index (χ1n) is 7.36. The summed E-state index contributed by atoms with van der Waals surface area (Å²) in [6.45, 7) is 6.58. The van der Waals surface area contributed by atoms with Crippen LogP contribution in [-0.4, -0.2) is 0 Å². The first-order valence-corrected chi connectivity index (χ1v) is 8.03. The molecule has 0 fully saturated rings. The molecule has 2 nitrogen and oxygen atoms in total. The Morgan fingerprint density at radius 3 is 1.71 bits per heavy atom. The molecule has 21 heavy (non-hydrogen) atoms. The first kappa shape index (κ1) is 15.8. The Kier molecular flexibility index (Phi) is 6.00. The maximum absolute atomic E-state index is 5.52. The third kappa shape index (κ3) is 5.35. The molecule has 3 heteroatoms. The average Bonchev–Trinajstić information content (AvgIpc) is 2.49. The first-order chi connectivity index (χ1) is 10.2. The van der Waals surface area contributed by atoms with E-state index < -0.39 is 0 Å². The Balaban J connectivity index is 1.79. The summed E-state index contributed by atoms with van der Waals surface area (Å²) in [4.78, 5) is 0. The van der Waals surface area contributed by atoms with Crippen LogP contribution in [0.2, 0.25) is 0 Å². The van der Waals surface area contributed by atoms with Crippen molar-refractivity contribution in [1.82, 2.24) is 0 Å². The van der Waals surface area contributed by atoms with Crippen molar-refractivity contribution in [3.05, 3.63) is 59.7 Å². The standard InChI is InChI=1S/C18H22O2S/c1-4-15-5-9-17(10-6-15)19-21-20-18-11-7-16(8-12-18)13-14(2)3/h5-12,14H,4,13H2,1-3H3. The highest BCUT2D eigenvalue weighted by Gasteiger charge is 2.01. The number of aryl methyl sites for hydroxylation is 1. The van der Waals surface area contributed by atoms with Gasteiger partial charge in [-0.1, -0.05) is 45.0 Å². The highest BCUT2D eigenvalue weighted by Crippen LogP contribution is 2.22. The van der Waals surface area contributed by atoms with E-state index >= 15 is 0 Å². The molecule has 0 aliphatic carbocycles. The molecule has 0 aromatic heterocycles. The number of benzene rings is 2. The lowest BCUT2D eigenvalue weighted by atomic mass is 10.0. The van der Waals surface area contributed by atoms with E-state index in [1.807, 2.05) is 24.3 Å². The molecule has 2 aromatic rings. The molecule has 0 radical (unpaired) electrons. The summed E-state index contributed by atoms with van der Waals surface area (Å²) in [6.07, 6.45) is 2.13. The van der Waals surface area contributed by atoms with Gasteiger partial charge in [0, 0.05) is 0 Å². The molecule has 0 aliphatic rings. The fraction of sp³-hybridized carbons (Fsp3) is 0.333. The van der Waals surface area contributed by atoms with E-state index in [-0.39, 0.29) is 0 Å². The molecule has 0 saturated carbocycles. The van der Waals surface area contributed by atoms with E-state index in [2.05, 4.69) is 45.0 Å². The van der Waals surface area contributed by atoms with Gasteiger partial charge in [-0.25, -0.2) is 0 Å². The molecule has 0 heterocycles. The van der Waals surface area contributed by atoms with Crippen LogP contribution in [-0.2, 0) is 12.8 Å². The molecule has 0 spiro atoms. The average molecular weight is 302 g/mol. The molecule has 2 aromatic carbocycles. The van der Waals surface area contributed by atoms with Crippen molar-refractivity contribution >= 4 is 12.3 Å². The van der Waals surface area contributed by atoms with Gasteiger partial charge in [0.05, 0.1) is 0 Å². The fourth-order valence-corrected chi connectivity index (χ4v) is 2.44. The zero-order valence-electron chi connectivity index (χ0n) is 12.8. The second-order valence-electron chi connectivity index (χ2n) is 5.47.